The lowest BCUT2D eigenvalue weighted by Gasteiger charge is -2.32. The van der Waals surface area contributed by atoms with E-state index in [0.717, 1.165) is 18.5 Å². The Morgan fingerprint density at radius 1 is 1.33 bits per heavy atom. The molecule has 1 unspecified atom stereocenters. The summed E-state index contributed by atoms with van der Waals surface area (Å²) in [5, 5.41) is 0. The first kappa shape index (κ1) is 19.1. The van der Waals surface area contributed by atoms with Gasteiger partial charge in [-0.25, -0.2) is 14.4 Å². The molecule has 1 fully saturated rings. The normalized spacial score (nSPS) is 17.2. The lowest BCUT2D eigenvalue weighted by atomic mass is 9.98. The van der Waals surface area contributed by atoms with Crippen molar-refractivity contribution >= 4 is 11.9 Å². The van der Waals surface area contributed by atoms with Gasteiger partial charge < -0.3 is 15.4 Å². The largest absolute Gasteiger partial charge is 0.493 e. The molecule has 1 aliphatic heterocycles. The van der Waals surface area contributed by atoms with E-state index in [9.17, 15) is 9.18 Å². The summed E-state index contributed by atoms with van der Waals surface area (Å²) in [7, 11) is 0. The highest BCUT2D eigenvalue weighted by Crippen LogP contribution is 2.21. The van der Waals surface area contributed by atoms with Gasteiger partial charge in [-0.1, -0.05) is 13.8 Å². The summed E-state index contributed by atoms with van der Waals surface area (Å²) in [6.07, 6.45) is 1.88. The number of benzene rings is 1. The standard InChI is InChI=1S/C20H25FN4O2/c1-13(2)17-10-18(24-20(22)23-17)19(26)25-9-3-4-14(11-25)12-27-16-7-5-15(21)6-8-16/h5-8,10,13-14H,3-4,9,11-12H2,1-2H3,(H2,22,23,24). The van der Waals surface area contributed by atoms with E-state index in [1.54, 1.807) is 23.1 Å². The van der Waals surface area contributed by atoms with E-state index in [2.05, 4.69) is 9.97 Å². The fourth-order valence-electron chi connectivity index (χ4n) is 3.18. The molecule has 144 valence electrons. The Morgan fingerprint density at radius 3 is 2.78 bits per heavy atom. The lowest BCUT2D eigenvalue weighted by molar-refractivity contribution is 0.0627. The molecule has 1 aromatic carbocycles. The maximum absolute atomic E-state index is 13.0. The summed E-state index contributed by atoms with van der Waals surface area (Å²) in [6, 6.07) is 7.69. The van der Waals surface area contributed by atoms with Crippen LogP contribution in [0, 0.1) is 11.7 Å². The number of rotatable bonds is 5. The van der Waals surface area contributed by atoms with Crippen LogP contribution in [-0.2, 0) is 0 Å². The summed E-state index contributed by atoms with van der Waals surface area (Å²) in [6.45, 7) is 5.77. The number of ether oxygens (including phenoxy) is 1. The number of likely N-dealkylation sites (tertiary alicyclic amines) is 1. The van der Waals surface area contributed by atoms with Crippen LogP contribution in [0.4, 0.5) is 10.3 Å². The molecular formula is C20H25FN4O2. The highest BCUT2D eigenvalue weighted by molar-refractivity contribution is 5.92. The van der Waals surface area contributed by atoms with Crippen molar-refractivity contribution in [1.82, 2.24) is 14.9 Å². The molecule has 2 heterocycles. The van der Waals surface area contributed by atoms with Crippen LogP contribution >= 0.6 is 0 Å². The number of hydrogen-bond acceptors (Lipinski definition) is 5. The molecule has 3 rings (SSSR count). The zero-order valence-corrected chi connectivity index (χ0v) is 15.7. The fraction of sp³-hybridized carbons (Fsp3) is 0.450. The number of carbonyl (C=O) groups is 1. The third-order valence-electron chi connectivity index (χ3n) is 4.68. The number of nitrogen functional groups attached to an aromatic ring is 1. The maximum Gasteiger partial charge on any atom is 0.272 e. The van der Waals surface area contributed by atoms with Gasteiger partial charge in [-0.3, -0.25) is 4.79 Å². The number of halogens is 1. The average molecular weight is 372 g/mol. The second kappa shape index (κ2) is 8.33. The molecule has 1 aromatic heterocycles. The van der Waals surface area contributed by atoms with Crippen LogP contribution in [0.25, 0.3) is 0 Å². The summed E-state index contributed by atoms with van der Waals surface area (Å²) >= 11 is 0. The van der Waals surface area contributed by atoms with E-state index in [4.69, 9.17) is 10.5 Å². The predicted octanol–water partition coefficient (Wildman–Crippen LogP) is 3.25. The quantitative estimate of drug-likeness (QED) is 0.871. The molecule has 0 bridgehead atoms. The number of piperidine rings is 1. The Kier molecular flexibility index (Phi) is 5.88. The zero-order chi connectivity index (χ0) is 19.4. The van der Waals surface area contributed by atoms with Crippen molar-refractivity contribution in [2.24, 2.45) is 5.92 Å². The number of hydrogen-bond donors (Lipinski definition) is 1. The van der Waals surface area contributed by atoms with Crippen LogP contribution in [0.2, 0.25) is 0 Å². The minimum Gasteiger partial charge on any atom is -0.493 e. The van der Waals surface area contributed by atoms with E-state index in [-0.39, 0.29) is 29.5 Å². The lowest BCUT2D eigenvalue weighted by Crippen LogP contribution is -2.42. The molecular weight excluding hydrogens is 347 g/mol. The molecule has 1 aliphatic rings. The molecule has 0 spiro atoms. The number of nitrogens with two attached hydrogens (primary N) is 1. The van der Waals surface area contributed by atoms with Crippen LogP contribution in [-0.4, -0.2) is 40.5 Å². The van der Waals surface area contributed by atoms with E-state index in [1.807, 2.05) is 13.8 Å². The topological polar surface area (TPSA) is 81.3 Å². The van der Waals surface area contributed by atoms with E-state index < -0.39 is 0 Å². The fourth-order valence-corrected chi connectivity index (χ4v) is 3.18. The minimum absolute atomic E-state index is 0.123. The number of anilines is 1. The maximum atomic E-state index is 13.0. The first-order chi connectivity index (χ1) is 12.9. The van der Waals surface area contributed by atoms with Crippen molar-refractivity contribution in [2.45, 2.75) is 32.6 Å². The molecule has 1 atom stereocenters. The summed E-state index contributed by atoms with van der Waals surface area (Å²) in [5.41, 5.74) is 6.88. The number of nitrogens with zero attached hydrogens (tertiary/aromatic N) is 3. The number of carbonyl (C=O) groups excluding carboxylic acids is 1. The Labute approximate surface area is 158 Å². The van der Waals surface area contributed by atoms with Crippen LogP contribution in [0.15, 0.2) is 30.3 Å². The SMILES string of the molecule is CC(C)c1cc(C(=O)N2CCCC(COc3ccc(F)cc3)C2)nc(N)n1. The molecule has 7 heteroatoms. The Balaban J connectivity index is 1.63. The molecule has 1 amide bonds. The van der Waals surface area contributed by atoms with Crippen molar-refractivity contribution < 1.29 is 13.9 Å². The third-order valence-corrected chi connectivity index (χ3v) is 4.68. The van der Waals surface area contributed by atoms with Crippen LogP contribution in [0.3, 0.4) is 0 Å². The molecule has 27 heavy (non-hydrogen) atoms. The summed E-state index contributed by atoms with van der Waals surface area (Å²) in [5.74, 6) is 0.721. The monoisotopic (exact) mass is 372 g/mol. The van der Waals surface area contributed by atoms with Gasteiger partial charge >= 0.3 is 0 Å². The van der Waals surface area contributed by atoms with Crippen LogP contribution < -0.4 is 10.5 Å². The van der Waals surface area contributed by atoms with Gasteiger partial charge in [0.05, 0.1) is 6.61 Å². The van der Waals surface area contributed by atoms with Crippen molar-refractivity contribution in [3.63, 3.8) is 0 Å². The van der Waals surface area contributed by atoms with Gasteiger partial charge in [-0.05, 0) is 49.1 Å². The molecule has 0 saturated carbocycles. The van der Waals surface area contributed by atoms with Crippen molar-refractivity contribution in [1.29, 1.82) is 0 Å². The Morgan fingerprint density at radius 2 is 2.07 bits per heavy atom. The van der Waals surface area contributed by atoms with Gasteiger partial charge in [0.2, 0.25) is 5.95 Å². The highest BCUT2D eigenvalue weighted by Gasteiger charge is 2.26. The van der Waals surface area contributed by atoms with E-state index >= 15 is 0 Å². The Hall–Kier alpha value is -2.70. The van der Waals surface area contributed by atoms with Gasteiger partial charge in [0, 0.05) is 24.7 Å². The summed E-state index contributed by atoms with van der Waals surface area (Å²) in [4.78, 5) is 23.0. The first-order valence-corrected chi connectivity index (χ1v) is 9.24. The molecule has 0 aliphatic carbocycles. The van der Waals surface area contributed by atoms with Crippen LogP contribution in [0.5, 0.6) is 5.75 Å². The summed E-state index contributed by atoms with van der Waals surface area (Å²) < 4.78 is 18.7. The van der Waals surface area contributed by atoms with E-state index in [0.29, 0.717) is 31.1 Å². The molecule has 2 aromatic rings. The smallest absolute Gasteiger partial charge is 0.272 e. The van der Waals surface area contributed by atoms with Gasteiger partial charge in [-0.15, -0.1) is 0 Å². The Bertz CT molecular complexity index is 795. The zero-order valence-electron chi connectivity index (χ0n) is 15.7. The third kappa shape index (κ3) is 4.93. The minimum atomic E-state index is -0.290. The van der Waals surface area contributed by atoms with Crippen LogP contribution in [0.1, 0.15) is 48.8 Å². The number of amides is 1. The molecule has 6 nitrogen and oxygen atoms in total. The van der Waals surface area contributed by atoms with Gasteiger partial charge in [0.15, 0.2) is 0 Å². The van der Waals surface area contributed by atoms with Crippen molar-refractivity contribution in [3.8, 4) is 5.75 Å². The number of aromatic nitrogens is 2. The van der Waals surface area contributed by atoms with Crippen molar-refractivity contribution in [2.75, 3.05) is 25.4 Å². The van der Waals surface area contributed by atoms with E-state index in [1.165, 1.54) is 12.1 Å². The average Bonchev–Trinajstić information content (AvgIpc) is 2.66. The highest BCUT2D eigenvalue weighted by atomic mass is 19.1. The van der Waals surface area contributed by atoms with Gasteiger partial charge in [0.1, 0.15) is 17.3 Å². The second-order valence-corrected chi connectivity index (χ2v) is 7.22. The molecule has 1 saturated heterocycles. The molecule has 0 radical (unpaired) electrons. The second-order valence-electron chi connectivity index (χ2n) is 7.22. The van der Waals surface area contributed by atoms with Gasteiger partial charge in [0.25, 0.3) is 5.91 Å². The van der Waals surface area contributed by atoms with Crippen molar-refractivity contribution in [3.05, 3.63) is 47.5 Å². The predicted molar refractivity (Wildman–Crippen MR) is 101 cm³/mol. The first-order valence-electron chi connectivity index (χ1n) is 9.24. The molecule has 2 N–H and O–H groups in total. The van der Waals surface area contributed by atoms with Gasteiger partial charge in [-0.2, -0.15) is 0 Å².